The summed E-state index contributed by atoms with van der Waals surface area (Å²) >= 11 is 0. The maximum atomic E-state index is 0. The summed E-state index contributed by atoms with van der Waals surface area (Å²) in [5.74, 6) is 0. The Morgan fingerprint density at radius 1 is 1.00 bits per heavy atom. The van der Waals surface area contributed by atoms with Gasteiger partial charge in [-0.25, -0.2) is 0 Å². The zero-order valence-corrected chi connectivity index (χ0v) is 10.6. The minimum atomic E-state index is 0. The molecule has 0 aromatic rings. The number of hydrogen-bond acceptors (Lipinski definition) is 0. The molecule has 0 unspecified atom stereocenters. The van der Waals surface area contributed by atoms with Gasteiger partial charge in [0, 0.05) is 104 Å². The predicted octanol–water partition coefficient (Wildman–Crippen LogP) is -0.931. The second kappa shape index (κ2) is 51.1. The fourth-order valence-corrected chi connectivity index (χ4v) is 0. The van der Waals surface area contributed by atoms with Gasteiger partial charge in [-0.2, -0.15) is 0 Å². The Balaban J connectivity index is 0. The molecule has 0 fully saturated rings. The van der Waals surface area contributed by atoms with Crippen molar-refractivity contribution in [3.8, 4) is 0 Å². The van der Waals surface area contributed by atoms with Crippen LogP contribution in [-0.2, 0) is 104 Å². The van der Waals surface area contributed by atoms with Crippen molar-refractivity contribution in [2.24, 2.45) is 0 Å². The molecule has 0 bridgehead atoms. The van der Waals surface area contributed by atoms with Crippen molar-refractivity contribution in [1.82, 2.24) is 0 Å². The Morgan fingerprint density at radius 3 is 1.00 bits per heavy atom. The van der Waals surface area contributed by atoms with Crippen LogP contribution in [0.5, 0.6) is 0 Å². The molecule has 0 aliphatic heterocycles. The van der Waals surface area contributed by atoms with Crippen molar-refractivity contribution in [2.75, 3.05) is 0 Å². The van der Waals surface area contributed by atoms with Crippen molar-refractivity contribution in [3.63, 3.8) is 0 Å². The van der Waals surface area contributed by atoms with E-state index in [0.29, 0.717) is 0 Å². The molecule has 0 amide bonds. The van der Waals surface area contributed by atoms with E-state index in [1.165, 1.54) is 0 Å². The van der Waals surface area contributed by atoms with E-state index in [4.69, 9.17) is 0 Å². The third-order valence-electron chi connectivity index (χ3n) is 0. The average molecular weight is 384 g/mol. The Labute approximate surface area is 125 Å². The van der Waals surface area contributed by atoms with Gasteiger partial charge in [0.05, 0.1) is 0 Å². The number of rotatable bonds is 0. The zero-order valence-electron chi connectivity index (χ0n) is 2.39. The van der Waals surface area contributed by atoms with Gasteiger partial charge in [0.2, 0.25) is 0 Å². The molecule has 0 aliphatic rings. The molecule has 0 aliphatic carbocycles. The van der Waals surface area contributed by atoms with Crippen molar-refractivity contribution < 1.29 is 104 Å². The van der Waals surface area contributed by atoms with Gasteiger partial charge in [0.25, 0.3) is 0 Å². The smallest absolute Gasteiger partial charge is 0 e. The maximum absolute atomic E-state index is 0. The van der Waals surface area contributed by atoms with Gasteiger partial charge < -0.3 is 0 Å². The minimum absolute atomic E-state index is 0. The summed E-state index contributed by atoms with van der Waals surface area (Å²) in [4.78, 5) is 0. The van der Waals surface area contributed by atoms with Gasteiger partial charge in [0.1, 0.15) is 0 Å². The van der Waals surface area contributed by atoms with E-state index in [2.05, 4.69) is 0 Å². The predicted molar refractivity (Wildman–Crippen MR) is 8.54 cm³/mol. The van der Waals surface area contributed by atoms with Crippen LogP contribution in [0, 0.1) is 0 Å². The zero-order chi connectivity index (χ0) is 0. The van der Waals surface area contributed by atoms with Gasteiger partial charge >= 0.3 is 23.1 Å². The Kier molecular flexibility index (Phi) is 507. The molecule has 7 heteroatoms. The molecule has 0 aromatic heterocycles. The van der Waals surface area contributed by atoms with E-state index >= 15 is 0 Å². The van der Waals surface area contributed by atoms with Crippen LogP contribution < -0.4 is 0 Å². The van der Waals surface area contributed by atoms with Crippen molar-refractivity contribution in [1.29, 1.82) is 0 Å². The fraction of sp³-hybridized carbons (Fsp3) is 0. The normalized spacial score (nSPS) is 0. The standard InChI is InChI=1S/Co.Cu.Fe.Mg.Mn.Ni.Zn.2H. The summed E-state index contributed by atoms with van der Waals surface area (Å²) in [6, 6.07) is 0. The summed E-state index contributed by atoms with van der Waals surface area (Å²) in [6.07, 6.45) is 0. The Hall–Kier alpha value is 3.95. The largest absolute Gasteiger partial charge is 0.316 e. The van der Waals surface area contributed by atoms with E-state index in [0.717, 1.165) is 0 Å². The summed E-state index contributed by atoms with van der Waals surface area (Å²) in [6.45, 7) is 0. The molecule has 0 nitrogen and oxygen atoms in total. The average Bonchev–Trinajstić information content (AvgIpc) is 0. The molecular formula is H2CoCuFeMgMnNiZn. The molecule has 0 spiro atoms. The topological polar surface area (TPSA) is 0 Å². The van der Waals surface area contributed by atoms with Gasteiger partial charge in [-0.05, 0) is 0 Å². The van der Waals surface area contributed by atoms with Crippen LogP contribution in [0.25, 0.3) is 0 Å². The monoisotopic (exact) mass is 381 g/mol. The van der Waals surface area contributed by atoms with Gasteiger partial charge in [-0.3, -0.25) is 0 Å². The molecular weight excluding hydrogens is 382 g/mol. The summed E-state index contributed by atoms with van der Waals surface area (Å²) in [5.41, 5.74) is 0. The van der Waals surface area contributed by atoms with Crippen LogP contribution in [-0.4, -0.2) is 23.1 Å². The maximum Gasteiger partial charge on any atom is 0.316 e. The molecule has 0 saturated carbocycles. The van der Waals surface area contributed by atoms with Crippen LogP contribution in [0.3, 0.4) is 0 Å². The van der Waals surface area contributed by atoms with Crippen LogP contribution in [0.4, 0.5) is 0 Å². The third-order valence-corrected chi connectivity index (χ3v) is 0. The van der Waals surface area contributed by atoms with E-state index in [9.17, 15) is 0 Å². The quantitative estimate of drug-likeness (QED) is 0.474. The third kappa shape index (κ3) is 40.3. The first kappa shape index (κ1) is 69.5. The van der Waals surface area contributed by atoms with Crippen molar-refractivity contribution in [3.05, 3.63) is 0 Å². The fourth-order valence-electron chi connectivity index (χ4n) is 0. The van der Waals surface area contributed by atoms with Gasteiger partial charge in [0.15, 0.2) is 0 Å². The van der Waals surface area contributed by atoms with Crippen LogP contribution in [0.1, 0.15) is 0 Å². The van der Waals surface area contributed by atoms with Gasteiger partial charge in [-0.1, -0.05) is 0 Å². The molecule has 7 heavy (non-hydrogen) atoms. The molecule has 51 valence electrons. The van der Waals surface area contributed by atoms with Gasteiger partial charge in [-0.15, -0.1) is 0 Å². The van der Waals surface area contributed by atoms with E-state index in [1.807, 2.05) is 0 Å². The molecule has 0 N–H and O–H groups in total. The Morgan fingerprint density at radius 2 is 1.00 bits per heavy atom. The first-order valence-electron chi connectivity index (χ1n) is 0. The summed E-state index contributed by atoms with van der Waals surface area (Å²) in [7, 11) is 0. The van der Waals surface area contributed by atoms with Crippen molar-refractivity contribution in [2.45, 2.75) is 0 Å². The molecule has 0 atom stereocenters. The first-order chi connectivity index (χ1) is 0. The second-order valence-corrected chi connectivity index (χ2v) is 0. The van der Waals surface area contributed by atoms with E-state index < -0.39 is 0 Å². The molecule has 0 heterocycles. The molecule has 0 aromatic carbocycles. The molecule has 3 radical (unpaired) electrons. The molecule has 0 rings (SSSR count). The SMILES string of the molecule is [Co].[Cu].[Fe].[MgH2].[Mn].[Ni].[Zn]. The second-order valence-electron chi connectivity index (χ2n) is 0. The van der Waals surface area contributed by atoms with Crippen LogP contribution in [0.2, 0.25) is 0 Å². The first-order valence-corrected chi connectivity index (χ1v) is 0. The van der Waals surface area contributed by atoms with E-state index in [1.54, 1.807) is 0 Å². The van der Waals surface area contributed by atoms with Crippen molar-refractivity contribution >= 4 is 23.1 Å². The van der Waals surface area contributed by atoms with E-state index in [-0.39, 0.29) is 127 Å². The summed E-state index contributed by atoms with van der Waals surface area (Å²) < 4.78 is 0. The summed E-state index contributed by atoms with van der Waals surface area (Å²) in [5, 5.41) is 0. The molecule has 0 saturated heterocycles. The number of hydrogen-bond donors (Lipinski definition) is 0. The minimum Gasteiger partial charge on any atom is 0 e. The van der Waals surface area contributed by atoms with Crippen LogP contribution >= 0.6 is 0 Å². The Bertz CT molecular complexity index is 19.7. The van der Waals surface area contributed by atoms with Crippen LogP contribution in [0.15, 0.2) is 0 Å².